The first kappa shape index (κ1) is 17.5. The summed E-state index contributed by atoms with van der Waals surface area (Å²) in [4.78, 5) is 11.7. The van der Waals surface area contributed by atoms with Crippen LogP contribution in [-0.4, -0.2) is 18.5 Å². The van der Waals surface area contributed by atoms with Gasteiger partial charge in [0.25, 0.3) is 0 Å². The number of halogens is 3. The van der Waals surface area contributed by atoms with Gasteiger partial charge in [-0.2, -0.15) is 13.2 Å². The van der Waals surface area contributed by atoms with Gasteiger partial charge >= 0.3 is 6.18 Å². The van der Waals surface area contributed by atoms with Crippen molar-refractivity contribution in [3.8, 4) is 0 Å². The molecule has 1 aromatic rings. The quantitative estimate of drug-likeness (QED) is 0.847. The number of carbonyl (C=O) groups is 1. The minimum atomic E-state index is -4.37. The van der Waals surface area contributed by atoms with Crippen molar-refractivity contribution in [2.75, 3.05) is 6.54 Å². The average Bonchev–Trinajstić information content (AvgIpc) is 2.37. The summed E-state index contributed by atoms with van der Waals surface area (Å²) in [6.45, 7) is 6.16. The number of amides is 1. The van der Waals surface area contributed by atoms with Crippen LogP contribution >= 0.6 is 0 Å². The van der Waals surface area contributed by atoms with Crippen LogP contribution < -0.4 is 10.6 Å². The van der Waals surface area contributed by atoms with E-state index in [2.05, 4.69) is 10.6 Å². The highest BCUT2D eigenvalue weighted by Crippen LogP contribution is 2.30. The molecule has 1 rings (SSSR count). The zero-order valence-corrected chi connectivity index (χ0v) is 12.4. The van der Waals surface area contributed by atoms with E-state index < -0.39 is 17.8 Å². The van der Waals surface area contributed by atoms with Crippen molar-refractivity contribution in [3.05, 3.63) is 35.4 Å². The SMILES string of the molecule is CC(C)NCCC(=O)NC(C)c1cccc(C(F)(F)F)c1. The average molecular weight is 302 g/mol. The molecule has 3 nitrogen and oxygen atoms in total. The van der Waals surface area contributed by atoms with Gasteiger partial charge in [-0.1, -0.05) is 26.0 Å². The third-order valence-electron chi connectivity index (χ3n) is 3.00. The molecule has 0 aliphatic rings. The lowest BCUT2D eigenvalue weighted by Crippen LogP contribution is -2.32. The van der Waals surface area contributed by atoms with Gasteiger partial charge in [0.1, 0.15) is 0 Å². The molecule has 1 amide bonds. The Hall–Kier alpha value is -1.56. The fraction of sp³-hybridized carbons (Fsp3) is 0.533. The summed E-state index contributed by atoms with van der Waals surface area (Å²) in [5.41, 5.74) is -0.266. The number of hydrogen-bond acceptors (Lipinski definition) is 2. The maximum atomic E-state index is 12.6. The highest BCUT2D eigenvalue weighted by molar-refractivity contribution is 5.76. The predicted octanol–water partition coefficient (Wildman–Crippen LogP) is 3.27. The number of carbonyl (C=O) groups excluding carboxylic acids is 1. The smallest absolute Gasteiger partial charge is 0.350 e. The van der Waals surface area contributed by atoms with E-state index in [4.69, 9.17) is 0 Å². The van der Waals surface area contributed by atoms with Gasteiger partial charge in [-0.15, -0.1) is 0 Å². The number of benzene rings is 1. The van der Waals surface area contributed by atoms with Crippen molar-refractivity contribution in [2.45, 2.75) is 45.5 Å². The summed E-state index contributed by atoms with van der Waals surface area (Å²) in [5, 5.41) is 5.81. The first-order chi connectivity index (χ1) is 9.70. The molecule has 21 heavy (non-hydrogen) atoms. The van der Waals surface area contributed by atoms with Gasteiger partial charge in [0, 0.05) is 19.0 Å². The molecule has 0 heterocycles. The van der Waals surface area contributed by atoms with Crippen LogP contribution in [0.15, 0.2) is 24.3 Å². The van der Waals surface area contributed by atoms with Gasteiger partial charge in [0.2, 0.25) is 5.91 Å². The molecule has 1 unspecified atom stereocenters. The Bertz CT molecular complexity index is 472. The Morgan fingerprint density at radius 1 is 1.24 bits per heavy atom. The van der Waals surface area contributed by atoms with E-state index in [1.165, 1.54) is 6.07 Å². The summed E-state index contributed by atoms with van der Waals surface area (Å²) < 4.78 is 37.9. The lowest BCUT2D eigenvalue weighted by Gasteiger charge is -2.16. The molecule has 0 bridgehead atoms. The van der Waals surface area contributed by atoms with E-state index in [-0.39, 0.29) is 5.91 Å². The van der Waals surface area contributed by atoms with Crippen LogP contribution in [0.3, 0.4) is 0 Å². The monoisotopic (exact) mass is 302 g/mol. The molecular formula is C15H21F3N2O. The van der Waals surface area contributed by atoms with Crippen molar-refractivity contribution < 1.29 is 18.0 Å². The summed E-state index contributed by atoms with van der Waals surface area (Å²) in [6, 6.07) is 4.84. The summed E-state index contributed by atoms with van der Waals surface area (Å²) in [5.74, 6) is -0.187. The molecular weight excluding hydrogens is 281 g/mol. The maximum absolute atomic E-state index is 12.6. The lowest BCUT2D eigenvalue weighted by molar-refractivity contribution is -0.137. The van der Waals surface area contributed by atoms with E-state index in [1.807, 2.05) is 13.8 Å². The normalized spacial score (nSPS) is 13.3. The zero-order chi connectivity index (χ0) is 16.0. The molecule has 2 N–H and O–H groups in total. The highest BCUT2D eigenvalue weighted by atomic mass is 19.4. The topological polar surface area (TPSA) is 41.1 Å². The Labute approximate surface area is 122 Å². The fourth-order valence-corrected chi connectivity index (χ4v) is 1.86. The van der Waals surface area contributed by atoms with Gasteiger partial charge in [0.15, 0.2) is 0 Å². The second kappa shape index (κ2) is 7.45. The minimum Gasteiger partial charge on any atom is -0.350 e. The standard InChI is InChI=1S/C15H21F3N2O/c1-10(2)19-8-7-14(21)20-11(3)12-5-4-6-13(9-12)15(16,17)18/h4-6,9-11,19H,7-8H2,1-3H3,(H,20,21). The summed E-state index contributed by atoms with van der Waals surface area (Å²) >= 11 is 0. The summed E-state index contributed by atoms with van der Waals surface area (Å²) in [6.07, 6.45) is -4.08. The van der Waals surface area contributed by atoms with Crippen LogP contribution in [0.1, 0.15) is 44.4 Å². The van der Waals surface area contributed by atoms with E-state index >= 15 is 0 Å². The Kier molecular flexibility index (Phi) is 6.20. The van der Waals surface area contributed by atoms with Gasteiger partial charge in [-0.05, 0) is 24.6 Å². The molecule has 118 valence electrons. The molecule has 0 saturated heterocycles. The maximum Gasteiger partial charge on any atom is 0.416 e. The molecule has 0 spiro atoms. The predicted molar refractivity (Wildman–Crippen MR) is 75.8 cm³/mol. The van der Waals surface area contributed by atoms with E-state index in [1.54, 1.807) is 13.0 Å². The molecule has 0 saturated carbocycles. The van der Waals surface area contributed by atoms with Crippen LogP contribution in [0.25, 0.3) is 0 Å². The van der Waals surface area contributed by atoms with Crippen LogP contribution in [0.5, 0.6) is 0 Å². The summed E-state index contributed by atoms with van der Waals surface area (Å²) in [7, 11) is 0. The van der Waals surface area contributed by atoms with Gasteiger partial charge in [0.05, 0.1) is 11.6 Å². The van der Waals surface area contributed by atoms with Gasteiger partial charge in [-0.25, -0.2) is 0 Å². The number of hydrogen-bond donors (Lipinski definition) is 2. The van der Waals surface area contributed by atoms with E-state index in [0.29, 0.717) is 24.6 Å². The van der Waals surface area contributed by atoms with Crippen molar-refractivity contribution in [1.29, 1.82) is 0 Å². The van der Waals surface area contributed by atoms with Crippen LogP contribution in [0.2, 0.25) is 0 Å². The lowest BCUT2D eigenvalue weighted by atomic mass is 10.0. The van der Waals surface area contributed by atoms with Crippen molar-refractivity contribution in [3.63, 3.8) is 0 Å². The largest absolute Gasteiger partial charge is 0.416 e. The minimum absolute atomic E-state index is 0.187. The van der Waals surface area contributed by atoms with Crippen LogP contribution in [0, 0.1) is 0 Å². The Balaban J connectivity index is 2.59. The molecule has 6 heteroatoms. The Morgan fingerprint density at radius 2 is 1.90 bits per heavy atom. The second-order valence-electron chi connectivity index (χ2n) is 5.27. The first-order valence-corrected chi connectivity index (χ1v) is 6.90. The van der Waals surface area contributed by atoms with Crippen molar-refractivity contribution in [2.24, 2.45) is 0 Å². The Morgan fingerprint density at radius 3 is 2.48 bits per heavy atom. The zero-order valence-electron chi connectivity index (χ0n) is 12.4. The molecule has 0 radical (unpaired) electrons. The highest BCUT2D eigenvalue weighted by Gasteiger charge is 2.30. The molecule has 1 atom stereocenters. The molecule has 0 aliphatic heterocycles. The van der Waals surface area contributed by atoms with E-state index in [9.17, 15) is 18.0 Å². The third-order valence-corrected chi connectivity index (χ3v) is 3.00. The second-order valence-corrected chi connectivity index (χ2v) is 5.27. The number of alkyl halides is 3. The van der Waals surface area contributed by atoms with Crippen LogP contribution in [-0.2, 0) is 11.0 Å². The van der Waals surface area contributed by atoms with E-state index in [0.717, 1.165) is 12.1 Å². The number of rotatable bonds is 6. The van der Waals surface area contributed by atoms with Crippen molar-refractivity contribution >= 4 is 5.91 Å². The molecule has 0 fully saturated rings. The van der Waals surface area contributed by atoms with Crippen molar-refractivity contribution in [1.82, 2.24) is 10.6 Å². The van der Waals surface area contributed by atoms with Gasteiger partial charge < -0.3 is 10.6 Å². The number of nitrogens with one attached hydrogen (secondary N) is 2. The van der Waals surface area contributed by atoms with Gasteiger partial charge in [-0.3, -0.25) is 4.79 Å². The van der Waals surface area contributed by atoms with Crippen LogP contribution in [0.4, 0.5) is 13.2 Å². The fourth-order valence-electron chi connectivity index (χ4n) is 1.86. The molecule has 0 aliphatic carbocycles. The molecule has 1 aromatic carbocycles. The molecule has 0 aromatic heterocycles. The third kappa shape index (κ3) is 6.16. The first-order valence-electron chi connectivity index (χ1n) is 6.90.